The summed E-state index contributed by atoms with van der Waals surface area (Å²) in [5.41, 5.74) is 1.76. The number of carbonyl (C=O) groups is 1. The van der Waals surface area contributed by atoms with Gasteiger partial charge in [-0.1, -0.05) is 23.7 Å². The van der Waals surface area contributed by atoms with Crippen LogP contribution in [0.15, 0.2) is 24.3 Å². The van der Waals surface area contributed by atoms with Gasteiger partial charge in [0.2, 0.25) is 0 Å². The minimum absolute atomic E-state index is 0.0145. The molecule has 0 radical (unpaired) electrons. The molecule has 2 heterocycles. The summed E-state index contributed by atoms with van der Waals surface area (Å²) in [5.74, 6) is -0.0145. The SMILES string of the molecule is Cc1nc(-c2ccc(Cl)cc2)sc1C(=O)NC1CCNC(C)C1. The second-order valence-corrected chi connectivity index (χ2v) is 7.43. The van der Waals surface area contributed by atoms with Crippen molar-refractivity contribution in [3.63, 3.8) is 0 Å². The second-order valence-electron chi connectivity index (χ2n) is 5.99. The van der Waals surface area contributed by atoms with Crippen molar-refractivity contribution in [1.82, 2.24) is 15.6 Å². The van der Waals surface area contributed by atoms with E-state index < -0.39 is 0 Å². The Bertz CT molecular complexity index is 698. The molecule has 23 heavy (non-hydrogen) atoms. The maximum atomic E-state index is 12.6. The molecule has 1 aromatic carbocycles. The van der Waals surface area contributed by atoms with Crippen LogP contribution >= 0.6 is 22.9 Å². The van der Waals surface area contributed by atoms with Crippen LogP contribution in [0.1, 0.15) is 35.1 Å². The van der Waals surface area contributed by atoms with Crippen LogP contribution in [0.3, 0.4) is 0 Å². The van der Waals surface area contributed by atoms with Crippen LogP contribution in [0.4, 0.5) is 0 Å². The van der Waals surface area contributed by atoms with Crippen LogP contribution in [0.25, 0.3) is 10.6 Å². The molecular formula is C17H20ClN3OS. The standard InChI is InChI=1S/C17H20ClN3OS/c1-10-9-14(7-8-19-10)21-16(22)15-11(2)20-17(23-15)12-3-5-13(18)6-4-12/h3-6,10,14,19H,7-9H2,1-2H3,(H,21,22). The van der Waals surface area contributed by atoms with Gasteiger partial charge in [0.1, 0.15) is 9.88 Å². The highest BCUT2D eigenvalue weighted by molar-refractivity contribution is 7.17. The average Bonchev–Trinajstić information content (AvgIpc) is 2.90. The number of aryl methyl sites for hydroxylation is 1. The van der Waals surface area contributed by atoms with Crippen molar-refractivity contribution < 1.29 is 4.79 Å². The smallest absolute Gasteiger partial charge is 0.263 e. The number of nitrogens with one attached hydrogen (secondary N) is 2. The summed E-state index contributed by atoms with van der Waals surface area (Å²) in [4.78, 5) is 17.8. The van der Waals surface area contributed by atoms with Gasteiger partial charge in [-0.3, -0.25) is 4.79 Å². The fraction of sp³-hybridized carbons (Fsp3) is 0.412. The lowest BCUT2D eigenvalue weighted by Gasteiger charge is -2.28. The molecule has 4 nitrogen and oxygen atoms in total. The predicted molar refractivity (Wildman–Crippen MR) is 95.2 cm³/mol. The maximum Gasteiger partial charge on any atom is 0.263 e. The predicted octanol–water partition coefficient (Wildman–Crippen LogP) is 3.64. The second kappa shape index (κ2) is 6.99. The average molecular weight is 350 g/mol. The number of amides is 1. The number of hydrogen-bond acceptors (Lipinski definition) is 4. The Kier molecular flexibility index (Phi) is 4.99. The highest BCUT2D eigenvalue weighted by atomic mass is 35.5. The van der Waals surface area contributed by atoms with E-state index in [1.807, 2.05) is 31.2 Å². The Morgan fingerprint density at radius 3 is 2.83 bits per heavy atom. The summed E-state index contributed by atoms with van der Waals surface area (Å²) in [6, 6.07) is 8.21. The van der Waals surface area contributed by atoms with Crippen LogP contribution in [0.2, 0.25) is 5.02 Å². The lowest BCUT2D eigenvalue weighted by molar-refractivity contribution is 0.0929. The molecule has 2 unspecified atom stereocenters. The van der Waals surface area contributed by atoms with Gasteiger partial charge in [0.15, 0.2) is 0 Å². The van der Waals surface area contributed by atoms with E-state index in [-0.39, 0.29) is 11.9 Å². The van der Waals surface area contributed by atoms with Gasteiger partial charge in [-0.05, 0) is 45.4 Å². The van der Waals surface area contributed by atoms with E-state index in [0.717, 1.165) is 35.7 Å². The molecule has 0 spiro atoms. The topological polar surface area (TPSA) is 54.0 Å². The zero-order valence-electron chi connectivity index (χ0n) is 13.2. The van der Waals surface area contributed by atoms with Crippen LogP contribution in [-0.4, -0.2) is 29.5 Å². The molecule has 3 rings (SSSR count). The molecule has 2 atom stereocenters. The Balaban J connectivity index is 1.75. The zero-order chi connectivity index (χ0) is 16.4. The van der Waals surface area contributed by atoms with E-state index in [2.05, 4.69) is 22.5 Å². The van der Waals surface area contributed by atoms with E-state index in [4.69, 9.17) is 11.6 Å². The van der Waals surface area contributed by atoms with Gasteiger partial charge in [0, 0.05) is 22.7 Å². The van der Waals surface area contributed by atoms with E-state index in [1.165, 1.54) is 11.3 Å². The molecule has 1 aliphatic rings. The zero-order valence-corrected chi connectivity index (χ0v) is 14.8. The molecule has 1 aromatic heterocycles. The molecule has 0 saturated carbocycles. The molecule has 6 heteroatoms. The van der Waals surface area contributed by atoms with Crippen molar-refractivity contribution in [1.29, 1.82) is 0 Å². The minimum Gasteiger partial charge on any atom is -0.348 e. The van der Waals surface area contributed by atoms with E-state index in [1.54, 1.807) is 0 Å². The van der Waals surface area contributed by atoms with Crippen molar-refractivity contribution >= 4 is 28.8 Å². The molecule has 0 bridgehead atoms. The van der Waals surface area contributed by atoms with Gasteiger partial charge in [-0.25, -0.2) is 4.98 Å². The Morgan fingerprint density at radius 1 is 1.39 bits per heavy atom. The van der Waals surface area contributed by atoms with Gasteiger partial charge < -0.3 is 10.6 Å². The molecule has 2 aromatic rings. The number of rotatable bonds is 3. The van der Waals surface area contributed by atoms with Crippen molar-refractivity contribution in [2.75, 3.05) is 6.54 Å². The fourth-order valence-electron chi connectivity index (χ4n) is 2.84. The third kappa shape index (κ3) is 3.91. The van der Waals surface area contributed by atoms with Gasteiger partial charge in [-0.2, -0.15) is 0 Å². The Hall–Kier alpha value is -1.43. The molecule has 1 amide bonds. The molecule has 0 aliphatic carbocycles. The summed E-state index contributed by atoms with van der Waals surface area (Å²) in [5, 5.41) is 8.09. The number of halogens is 1. The van der Waals surface area contributed by atoms with Crippen molar-refractivity contribution in [2.45, 2.75) is 38.8 Å². The first kappa shape index (κ1) is 16.4. The molecule has 1 fully saturated rings. The van der Waals surface area contributed by atoms with E-state index in [0.29, 0.717) is 15.9 Å². The van der Waals surface area contributed by atoms with Gasteiger partial charge in [0.25, 0.3) is 5.91 Å². The lowest BCUT2D eigenvalue weighted by atomic mass is 10.0. The molecule has 2 N–H and O–H groups in total. The van der Waals surface area contributed by atoms with Gasteiger partial charge in [-0.15, -0.1) is 11.3 Å². The first-order valence-electron chi connectivity index (χ1n) is 7.80. The lowest BCUT2D eigenvalue weighted by Crippen LogP contribution is -2.46. The summed E-state index contributed by atoms with van der Waals surface area (Å²) in [6.07, 6.45) is 1.94. The maximum absolute atomic E-state index is 12.6. The third-order valence-electron chi connectivity index (χ3n) is 4.05. The highest BCUT2D eigenvalue weighted by Crippen LogP contribution is 2.29. The van der Waals surface area contributed by atoms with Crippen LogP contribution in [0, 0.1) is 6.92 Å². The van der Waals surface area contributed by atoms with E-state index in [9.17, 15) is 4.79 Å². The van der Waals surface area contributed by atoms with Crippen LogP contribution < -0.4 is 10.6 Å². The summed E-state index contributed by atoms with van der Waals surface area (Å²) < 4.78 is 0. The number of nitrogens with zero attached hydrogens (tertiary/aromatic N) is 1. The first-order valence-corrected chi connectivity index (χ1v) is 9.00. The summed E-state index contributed by atoms with van der Waals surface area (Å²) in [6.45, 7) is 4.98. The van der Waals surface area contributed by atoms with Crippen LogP contribution in [0.5, 0.6) is 0 Å². The number of aromatic nitrogens is 1. The summed E-state index contributed by atoms with van der Waals surface area (Å²) in [7, 11) is 0. The highest BCUT2D eigenvalue weighted by Gasteiger charge is 2.23. The van der Waals surface area contributed by atoms with Crippen molar-refractivity contribution in [3.8, 4) is 10.6 Å². The minimum atomic E-state index is -0.0145. The Morgan fingerprint density at radius 2 is 2.13 bits per heavy atom. The number of carbonyl (C=O) groups excluding carboxylic acids is 1. The normalized spacial score (nSPS) is 21.2. The number of benzene rings is 1. The molecule has 1 saturated heterocycles. The molecular weight excluding hydrogens is 330 g/mol. The third-order valence-corrected chi connectivity index (χ3v) is 5.51. The monoisotopic (exact) mass is 349 g/mol. The summed E-state index contributed by atoms with van der Waals surface area (Å²) >= 11 is 7.35. The number of hydrogen-bond donors (Lipinski definition) is 2. The van der Waals surface area contributed by atoms with E-state index >= 15 is 0 Å². The van der Waals surface area contributed by atoms with Crippen molar-refractivity contribution in [3.05, 3.63) is 39.9 Å². The first-order chi connectivity index (χ1) is 11.0. The van der Waals surface area contributed by atoms with Crippen LogP contribution in [-0.2, 0) is 0 Å². The quantitative estimate of drug-likeness (QED) is 0.889. The Labute approximate surface area is 145 Å². The van der Waals surface area contributed by atoms with Gasteiger partial charge in [0.05, 0.1) is 5.69 Å². The molecule has 1 aliphatic heterocycles. The van der Waals surface area contributed by atoms with Crippen molar-refractivity contribution in [2.24, 2.45) is 0 Å². The fourth-order valence-corrected chi connectivity index (χ4v) is 3.94. The largest absolute Gasteiger partial charge is 0.348 e. The molecule has 122 valence electrons. The van der Waals surface area contributed by atoms with Gasteiger partial charge >= 0.3 is 0 Å². The number of piperidine rings is 1. The number of thiazole rings is 1.